The van der Waals surface area contributed by atoms with Gasteiger partial charge in [-0.1, -0.05) is 36.4 Å². The Labute approximate surface area is 143 Å². The number of aromatic nitrogens is 1. The van der Waals surface area contributed by atoms with Crippen LogP contribution >= 0.6 is 0 Å². The van der Waals surface area contributed by atoms with Gasteiger partial charge >= 0.3 is 0 Å². The zero-order chi connectivity index (χ0) is 17.0. The first-order chi connectivity index (χ1) is 11.6. The van der Waals surface area contributed by atoms with E-state index in [2.05, 4.69) is 10.3 Å². The summed E-state index contributed by atoms with van der Waals surface area (Å²) < 4.78 is 5.77. The van der Waals surface area contributed by atoms with Crippen LogP contribution in [0.15, 0.2) is 54.9 Å². The number of carbonyl (C=O) groups excluding carboxylic acids is 1. The van der Waals surface area contributed by atoms with Crippen molar-refractivity contribution in [2.45, 2.75) is 38.3 Å². The second kappa shape index (κ2) is 7.14. The topological polar surface area (TPSA) is 51.2 Å². The van der Waals surface area contributed by atoms with Gasteiger partial charge in [0.25, 0.3) is 0 Å². The normalized spacial score (nSPS) is 19.8. The van der Waals surface area contributed by atoms with E-state index in [1.54, 1.807) is 6.20 Å². The first-order valence-electron chi connectivity index (χ1n) is 8.39. The van der Waals surface area contributed by atoms with Crippen molar-refractivity contribution < 1.29 is 9.53 Å². The Hall–Kier alpha value is -2.20. The Morgan fingerprint density at radius 2 is 2.04 bits per heavy atom. The van der Waals surface area contributed by atoms with Crippen molar-refractivity contribution >= 4 is 5.91 Å². The molecule has 1 N–H and O–H groups in total. The van der Waals surface area contributed by atoms with E-state index < -0.39 is 0 Å². The lowest BCUT2D eigenvalue weighted by molar-refractivity contribution is -0.124. The van der Waals surface area contributed by atoms with Gasteiger partial charge in [-0.3, -0.25) is 9.78 Å². The van der Waals surface area contributed by atoms with Crippen LogP contribution < -0.4 is 5.32 Å². The van der Waals surface area contributed by atoms with Crippen LogP contribution in [0.1, 0.15) is 37.3 Å². The molecular weight excluding hydrogens is 300 g/mol. The third kappa shape index (κ3) is 4.42. The molecule has 126 valence electrons. The lowest BCUT2D eigenvalue weighted by Gasteiger charge is -2.26. The van der Waals surface area contributed by atoms with Crippen LogP contribution in [-0.2, 0) is 16.1 Å². The largest absolute Gasteiger partial charge is 0.374 e. The van der Waals surface area contributed by atoms with Gasteiger partial charge in [0.1, 0.15) is 0 Å². The molecule has 1 aliphatic rings. The van der Waals surface area contributed by atoms with E-state index >= 15 is 0 Å². The standard InChI is InChI=1S/C20H24N2O2/c1-20(2,14-24-13-15-7-4-3-5-8-15)22-19(23)18-11-17(18)16-9-6-10-21-12-16/h3-10,12,17-18H,11,13-14H2,1-2H3,(H,22,23)/t17-,18+/m0/s1. The van der Waals surface area contributed by atoms with Crippen LogP contribution in [-0.4, -0.2) is 23.0 Å². The number of ether oxygens (including phenoxy) is 1. The molecule has 4 heteroatoms. The van der Waals surface area contributed by atoms with Crippen LogP contribution in [0.5, 0.6) is 0 Å². The van der Waals surface area contributed by atoms with Crippen LogP contribution in [0.2, 0.25) is 0 Å². The van der Waals surface area contributed by atoms with Gasteiger partial charge in [-0.15, -0.1) is 0 Å². The van der Waals surface area contributed by atoms with Gasteiger partial charge in [0.05, 0.1) is 18.8 Å². The molecule has 2 aromatic rings. The SMILES string of the molecule is CC(C)(COCc1ccccc1)NC(=O)[C@@H]1C[C@H]1c1cccnc1. The second-order valence-corrected chi connectivity index (χ2v) is 7.09. The van der Waals surface area contributed by atoms with Gasteiger partial charge in [-0.25, -0.2) is 0 Å². The zero-order valence-corrected chi connectivity index (χ0v) is 14.2. The van der Waals surface area contributed by atoms with E-state index in [0.717, 1.165) is 17.5 Å². The molecule has 1 fully saturated rings. The van der Waals surface area contributed by atoms with Crippen molar-refractivity contribution in [2.24, 2.45) is 5.92 Å². The molecule has 1 aromatic carbocycles. The highest BCUT2D eigenvalue weighted by Crippen LogP contribution is 2.47. The predicted molar refractivity (Wildman–Crippen MR) is 93.4 cm³/mol. The maximum atomic E-state index is 12.5. The first kappa shape index (κ1) is 16.7. The molecule has 0 saturated heterocycles. The summed E-state index contributed by atoms with van der Waals surface area (Å²) in [6, 6.07) is 14.0. The molecule has 0 unspecified atom stereocenters. The Morgan fingerprint density at radius 3 is 2.75 bits per heavy atom. The van der Waals surface area contributed by atoms with Crippen molar-refractivity contribution in [1.29, 1.82) is 0 Å². The number of benzene rings is 1. The third-order valence-corrected chi connectivity index (χ3v) is 4.28. The molecule has 0 radical (unpaired) electrons. The van der Waals surface area contributed by atoms with Gasteiger partial charge in [0.2, 0.25) is 5.91 Å². The number of hydrogen-bond donors (Lipinski definition) is 1. The number of rotatable bonds is 7. The second-order valence-electron chi connectivity index (χ2n) is 7.09. The first-order valence-corrected chi connectivity index (χ1v) is 8.39. The van der Waals surface area contributed by atoms with E-state index in [9.17, 15) is 4.79 Å². The Bertz CT molecular complexity index is 671. The van der Waals surface area contributed by atoms with E-state index in [0.29, 0.717) is 19.1 Å². The van der Waals surface area contributed by atoms with Gasteiger partial charge in [0.15, 0.2) is 0 Å². The molecule has 2 atom stereocenters. The van der Waals surface area contributed by atoms with Crippen molar-refractivity contribution in [2.75, 3.05) is 6.61 Å². The molecule has 1 aliphatic carbocycles. The lowest BCUT2D eigenvalue weighted by Crippen LogP contribution is -2.47. The van der Waals surface area contributed by atoms with E-state index in [1.165, 1.54) is 0 Å². The van der Waals surface area contributed by atoms with Crippen molar-refractivity contribution in [3.8, 4) is 0 Å². The smallest absolute Gasteiger partial charge is 0.224 e. The van der Waals surface area contributed by atoms with Crippen LogP contribution in [0.4, 0.5) is 0 Å². The summed E-state index contributed by atoms with van der Waals surface area (Å²) in [4.78, 5) is 16.6. The fourth-order valence-electron chi connectivity index (χ4n) is 2.91. The molecular formula is C20H24N2O2. The summed E-state index contributed by atoms with van der Waals surface area (Å²) in [5, 5.41) is 3.12. The molecule has 1 amide bonds. The summed E-state index contributed by atoms with van der Waals surface area (Å²) in [6.45, 7) is 5.04. The summed E-state index contributed by atoms with van der Waals surface area (Å²) in [7, 11) is 0. The van der Waals surface area contributed by atoms with Crippen LogP contribution in [0, 0.1) is 5.92 Å². The van der Waals surface area contributed by atoms with Gasteiger partial charge in [-0.05, 0) is 43.4 Å². The summed E-state index contributed by atoms with van der Waals surface area (Å²) in [6.07, 6.45) is 4.51. The summed E-state index contributed by atoms with van der Waals surface area (Å²) in [5.41, 5.74) is 1.91. The number of carbonyl (C=O) groups is 1. The highest BCUT2D eigenvalue weighted by molar-refractivity contribution is 5.83. The maximum Gasteiger partial charge on any atom is 0.224 e. The number of pyridine rings is 1. The molecule has 0 bridgehead atoms. The minimum Gasteiger partial charge on any atom is -0.374 e. The van der Waals surface area contributed by atoms with E-state index in [1.807, 2.05) is 62.5 Å². The number of amides is 1. The fraction of sp³-hybridized carbons (Fsp3) is 0.400. The molecule has 1 heterocycles. The van der Waals surface area contributed by atoms with Gasteiger partial charge in [0, 0.05) is 18.3 Å². The number of nitrogens with zero attached hydrogens (tertiary/aromatic N) is 1. The van der Waals surface area contributed by atoms with Crippen LogP contribution in [0.3, 0.4) is 0 Å². The van der Waals surface area contributed by atoms with Gasteiger partial charge in [-0.2, -0.15) is 0 Å². The Kier molecular flexibility index (Phi) is 4.95. The van der Waals surface area contributed by atoms with Crippen molar-refractivity contribution in [3.63, 3.8) is 0 Å². The monoisotopic (exact) mass is 324 g/mol. The summed E-state index contributed by atoms with van der Waals surface area (Å²) >= 11 is 0. The number of hydrogen-bond acceptors (Lipinski definition) is 3. The highest BCUT2D eigenvalue weighted by atomic mass is 16.5. The Balaban J connectivity index is 1.45. The van der Waals surface area contributed by atoms with Gasteiger partial charge < -0.3 is 10.1 Å². The quantitative estimate of drug-likeness (QED) is 0.850. The lowest BCUT2D eigenvalue weighted by atomic mass is 10.1. The van der Waals surface area contributed by atoms with Crippen LogP contribution in [0.25, 0.3) is 0 Å². The molecule has 0 aliphatic heterocycles. The molecule has 1 aromatic heterocycles. The minimum absolute atomic E-state index is 0.0580. The van der Waals surface area contributed by atoms with Crippen molar-refractivity contribution in [3.05, 3.63) is 66.0 Å². The highest BCUT2D eigenvalue weighted by Gasteiger charge is 2.45. The zero-order valence-electron chi connectivity index (χ0n) is 14.2. The third-order valence-electron chi connectivity index (χ3n) is 4.28. The predicted octanol–water partition coefficient (Wildman–Crippen LogP) is 3.30. The molecule has 3 rings (SSSR count). The summed E-state index contributed by atoms with van der Waals surface area (Å²) in [5.74, 6) is 0.472. The molecule has 1 saturated carbocycles. The average molecular weight is 324 g/mol. The number of nitrogens with one attached hydrogen (secondary N) is 1. The fourth-order valence-corrected chi connectivity index (χ4v) is 2.91. The average Bonchev–Trinajstić information content (AvgIpc) is 3.37. The Morgan fingerprint density at radius 1 is 1.25 bits per heavy atom. The van der Waals surface area contributed by atoms with Crippen molar-refractivity contribution in [1.82, 2.24) is 10.3 Å². The maximum absolute atomic E-state index is 12.5. The minimum atomic E-state index is -0.381. The molecule has 4 nitrogen and oxygen atoms in total. The van der Waals surface area contributed by atoms with E-state index in [4.69, 9.17) is 4.74 Å². The molecule has 0 spiro atoms. The molecule has 24 heavy (non-hydrogen) atoms. The van der Waals surface area contributed by atoms with E-state index in [-0.39, 0.29) is 17.4 Å².